The number of hydrogen-bond acceptors (Lipinski definition) is 5. The van der Waals surface area contributed by atoms with Crippen LogP contribution in [-0.4, -0.2) is 52.2 Å². The zero-order valence-electron chi connectivity index (χ0n) is 12.0. The van der Waals surface area contributed by atoms with E-state index in [-0.39, 0.29) is 6.61 Å². The van der Waals surface area contributed by atoms with E-state index in [0.717, 1.165) is 24.9 Å². The van der Waals surface area contributed by atoms with Crippen molar-refractivity contribution in [3.8, 4) is 0 Å². The Morgan fingerprint density at radius 2 is 1.75 bits per heavy atom. The molecule has 110 valence electrons. The molecule has 0 aromatic carbocycles. The first-order valence-corrected chi connectivity index (χ1v) is 7.77. The van der Waals surface area contributed by atoms with Gasteiger partial charge in [0.2, 0.25) is 0 Å². The molecular formula is C15H24N4O. The number of aliphatic hydroxyl groups excluding tert-OH is 1. The molecule has 2 aliphatic heterocycles. The summed E-state index contributed by atoms with van der Waals surface area (Å²) in [6, 6.07) is 0.760. The van der Waals surface area contributed by atoms with E-state index in [1.54, 1.807) is 12.4 Å². The third-order valence-corrected chi connectivity index (χ3v) is 4.55. The summed E-state index contributed by atoms with van der Waals surface area (Å²) >= 11 is 0. The molecule has 0 bridgehead atoms. The van der Waals surface area contributed by atoms with Gasteiger partial charge in [0.1, 0.15) is 5.82 Å². The molecule has 0 radical (unpaired) electrons. The molecule has 0 spiro atoms. The fourth-order valence-corrected chi connectivity index (χ4v) is 3.34. The summed E-state index contributed by atoms with van der Waals surface area (Å²) in [5.41, 5.74) is 0.636. The first-order chi connectivity index (χ1) is 9.86. The second kappa shape index (κ2) is 6.50. The van der Waals surface area contributed by atoms with Gasteiger partial charge in [0, 0.05) is 19.1 Å². The summed E-state index contributed by atoms with van der Waals surface area (Å²) in [6.45, 7) is 4.66. The maximum atomic E-state index is 9.00. The van der Waals surface area contributed by atoms with E-state index in [1.807, 2.05) is 0 Å². The first-order valence-electron chi connectivity index (χ1n) is 7.77. The van der Waals surface area contributed by atoms with Crippen LogP contribution in [0.2, 0.25) is 0 Å². The highest BCUT2D eigenvalue weighted by Crippen LogP contribution is 2.23. The molecule has 3 rings (SSSR count). The second-order valence-corrected chi connectivity index (χ2v) is 5.84. The Bertz CT molecular complexity index is 408. The van der Waals surface area contributed by atoms with Gasteiger partial charge in [-0.1, -0.05) is 6.42 Å². The minimum atomic E-state index is -0.0374. The van der Waals surface area contributed by atoms with Crippen molar-refractivity contribution in [2.75, 3.05) is 31.1 Å². The van der Waals surface area contributed by atoms with Crippen molar-refractivity contribution in [2.45, 2.75) is 44.8 Å². The third-order valence-electron chi connectivity index (χ3n) is 4.55. The number of aliphatic hydroxyl groups is 1. The summed E-state index contributed by atoms with van der Waals surface area (Å²) in [5, 5.41) is 9.00. The smallest absolute Gasteiger partial charge is 0.147 e. The van der Waals surface area contributed by atoms with Crippen molar-refractivity contribution < 1.29 is 5.11 Å². The number of anilines is 1. The van der Waals surface area contributed by atoms with Crippen LogP contribution in [0.25, 0.3) is 0 Å². The van der Waals surface area contributed by atoms with Crippen LogP contribution in [0, 0.1) is 0 Å². The molecule has 1 aromatic rings. The lowest BCUT2D eigenvalue weighted by Crippen LogP contribution is -2.47. The van der Waals surface area contributed by atoms with Crippen molar-refractivity contribution in [2.24, 2.45) is 0 Å². The van der Waals surface area contributed by atoms with Crippen LogP contribution in [0.15, 0.2) is 12.4 Å². The van der Waals surface area contributed by atoms with Crippen LogP contribution in [0.3, 0.4) is 0 Å². The standard InChI is InChI=1S/C15H24N4O/c20-12-13-10-17-15(11-16-13)19-8-4-14(5-9-19)18-6-2-1-3-7-18/h10-11,14,20H,1-9,12H2. The van der Waals surface area contributed by atoms with Gasteiger partial charge in [-0.2, -0.15) is 0 Å². The van der Waals surface area contributed by atoms with Crippen molar-refractivity contribution in [3.63, 3.8) is 0 Å². The van der Waals surface area contributed by atoms with Crippen LogP contribution < -0.4 is 4.90 Å². The van der Waals surface area contributed by atoms with E-state index in [0.29, 0.717) is 5.69 Å². The maximum Gasteiger partial charge on any atom is 0.147 e. The van der Waals surface area contributed by atoms with Crippen molar-refractivity contribution >= 4 is 5.82 Å². The minimum Gasteiger partial charge on any atom is -0.390 e. The molecular weight excluding hydrogens is 252 g/mol. The van der Waals surface area contributed by atoms with Crippen LogP contribution in [0.5, 0.6) is 0 Å². The number of nitrogens with zero attached hydrogens (tertiary/aromatic N) is 4. The molecule has 20 heavy (non-hydrogen) atoms. The maximum absolute atomic E-state index is 9.00. The average molecular weight is 276 g/mol. The highest BCUT2D eigenvalue weighted by atomic mass is 16.3. The number of hydrogen-bond donors (Lipinski definition) is 1. The van der Waals surface area contributed by atoms with Gasteiger partial charge in [-0.25, -0.2) is 4.98 Å². The van der Waals surface area contributed by atoms with E-state index in [4.69, 9.17) is 5.11 Å². The molecule has 2 saturated heterocycles. The van der Waals surface area contributed by atoms with Gasteiger partial charge in [0.15, 0.2) is 0 Å². The quantitative estimate of drug-likeness (QED) is 0.905. The fourth-order valence-electron chi connectivity index (χ4n) is 3.34. The third kappa shape index (κ3) is 3.10. The molecule has 2 aliphatic rings. The highest BCUT2D eigenvalue weighted by Gasteiger charge is 2.26. The lowest BCUT2D eigenvalue weighted by atomic mass is 10.00. The Balaban J connectivity index is 1.54. The van der Waals surface area contributed by atoms with Gasteiger partial charge < -0.3 is 14.9 Å². The zero-order chi connectivity index (χ0) is 13.8. The molecule has 0 aliphatic carbocycles. The van der Waals surface area contributed by atoms with Gasteiger partial charge >= 0.3 is 0 Å². The van der Waals surface area contributed by atoms with E-state index < -0.39 is 0 Å². The first kappa shape index (κ1) is 13.8. The summed E-state index contributed by atoms with van der Waals surface area (Å²) in [5.74, 6) is 0.944. The number of rotatable bonds is 3. The highest BCUT2D eigenvalue weighted by molar-refractivity contribution is 5.36. The van der Waals surface area contributed by atoms with Crippen LogP contribution in [0.4, 0.5) is 5.82 Å². The van der Waals surface area contributed by atoms with Crippen LogP contribution in [0.1, 0.15) is 37.8 Å². The molecule has 2 fully saturated rings. The number of aromatic nitrogens is 2. The van der Waals surface area contributed by atoms with Gasteiger partial charge in [0.25, 0.3) is 0 Å². The molecule has 0 amide bonds. The largest absolute Gasteiger partial charge is 0.390 e. The molecule has 1 N–H and O–H groups in total. The van der Waals surface area contributed by atoms with Crippen molar-refractivity contribution in [1.29, 1.82) is 0 Å². The van der Waals surface area contributed by atoms with Gasteiger partial charge in [-0.15, -0.1) is 0 Å². The Labute approximate surface area is 120 Å². The number of likely N-dealkylation sites (tertiary alicyclic amines) is 1. The van der Waals surface area contributed by atoms with Crippen LogP contribution in [-0.2, 0) is 6.61 Å². The monoisotopic (exact) mass is 276 g/mol. The van der Waals surface area contributed by atoms with Gasteiger partial charge in [0.05, 0.1) is 24.7 Å². The van der Waals surface area contributed by atoms with E-state index in [9.17, 15) is 0 Å². The van der Waals surface area contributed by atoms with E-state index >= 15 is 0 Å². The SMILES string of the molecule is OCc1cnc(N2CCC(N3CCCCC3)CC2)cn1. The van der Waals surface area contributed by atoms with Gasteiger partial charge in [-0.3, -0.25) is 4.98 Å². The zero-order valence-corrected chi connectivity index (χ0v) is 12.0. The van der Waals surface area contributed by atoms with Crippen molar-refractivity contribution in [1.82, 2.24) is 14.9 Å². The molecule has 0 saturated carbocycles. The van der Waals surface area contributed by atoms with E-state index in [1.165, 1.54) is 45.2 Å². The summed E-state index contributed by atoms with van der Waals surface area (Å²) in [6.07, 6.45) is 10.1. The summed E-state index contributed by atoms with van der Waals surface area (Å²) in [7, 11) is 0. The molecule has 5 nitrogen and oxygen atoms in total. The lowest BCUT2D eigenvalue weighted by molar-refractivity contribution is 0.141. The Kier molecular flexibility index (Phi) is 4.47. The predicted molar refractivity (Wildman–Crippen MR) is 78.6 cm³/mol. The molecule has 1 aromatic heterocycles. The average Bonchev–Trinajstić information content (AvgIpc) is 2.56. The van der Waals surface area contributed by atoms with Crippen molar-refractivity contribution in [3.05, 3.63) is 18.1 Å². The van der Waals surface area contributed by atoms with Gasteiger partial charge in [-0.05, 0) is 38.8 Å². The molecule has 0 atom stereocenters. The second-order valence-electron chi connectivity index (χ2n) is 5.84. The molecule has 0 unspecified atom stereocenters. The van der Waals surface area contributed by atoms with Crippen LogP contribution >= 0.6 is 0 Å². The molecule has 5 heteroatoms. The van der Waals surface area contributed by atoms with E-state index in [2.05, 4.69) is 19.8 Å². The Hall–Kier alpha value is -1.20. The molecule has 3 heterocycles. The Morgan fingerprint density at radius 3 is 2.35 bits per heavy atom. The topological polar surface area (TPSA) is 52.5 Å². The lowest BCUT2D eigenvalue weighted by Gasteiger charge is -2.40. The summed E-state index contributed by atoms with van der Waals surface area (Å²) in [4.78, 5) is 13.6. The summed E-state index contributed by atoms with van der Waals surface area (Å²) < 4.78 is 0. The normalized spacial score (nSPS) is 22.1. The predicted octanol–water partition coefficient (Wildman–Crippen LogP) is 1.42. The number of piperidine rings is 2. The fraction of sp³-hybridized carbons (Fsp3) is 0.733. The Morgan fingerprint density at radius 1 is 1.00 bits per heavy atom. The minimum absolute atomic E-state index is 0.0374.